The van der Waals surface area contributed by atoms with Gasteiger partial charge in [-0.05, 0) is 36.3 Å². The summed E-state index contributed by atoms with van der Waals surface area (Å²) in [7, 11) is 0. The second-order valence-corrected chi connectivity index (χ2v) is 4.82. The summed E-state index contributed by atoms with van der Waals surface area (Å²) >= 11 is 0. The van der Waals surface area contributed by atoms with Crippen LogP contribution < -0.4 is 5.73 Å². The van der Waals surface area contributed by atoms with Gasteiger partial charge >= 0.3 is 0 Å². The van der Waals surface area contributed by atoms with Gasteiger partial charge in [0.25, 0.3) is 0 Å². The highest BCUT2D eigenvalue weighted by atomic mass is 16.3. The molecular formula is C13H20N2O. The molecule has 1 aromatic rings. The van der Waals surface area contributed by atoms with Crippen molar-refractivity contribution in [2.45, 2.75) is 31.8 Å². The summed E-state index contributed by atoms with van der Waals surface area (Å²) in [6.07, 6.45) is 5.71. The van der Waals surface area contributed by atoms with E-state index in [4.69, 9.17) is 5.73 Å². The number of pyridine rings is 1. The van der Waals surface area contributed by atoms with Crippen LogP contribution in [0.4, 0.5) is 0 Å². The third-order valence-corrected chi connectivity index (χ3v) is 3.68. The Kier molecular flexibility index (Phi) is 3.56. The van der Waals surface area contributed by atoms with E-state index >= 15 is 0 Å². The predicted octanol–water partition coefficient (Wildman–Crippen LogP) is 1.53. The zero-order valence-corrected chi connectivity index (χ0v) is 9.71. The van der Waals surface area contributed by atoms with Crippen LogP contribution in [-0.2, 0) is 0 Å². The number of aliphatic hydroxyl groups is 1. The number of aliphatic hydroxyl groups excluding tert-OH is 1. The number of aromatic nitrogens is 1. The summed E-state index contributed by atoms with van der Waals surface area (Å²) < 4.78 is 0. The molecule has 2 rings (SSSR count). The molecule has 0 spiro atoms. The minimum absolute atomic E-state index is 0.0179. The molecule has 16 heavy (non-hydrogen) atoms. The highest BCUT2D eigenvalue weighted by molar-refractivity contribution is 5.17. The molecule has 0 amide bonds. The third kappa shape index (κ3) is 2.42. The van der Waals surface area contributed by atoms with Crippen LogP contribution in [0.15, 0.2) is 24.5 Å². The predicted molar refractivity (Wildman–Crippen MR) is 63.9 cm³/mol. The quantitative estimate of drug-likeness (QED) is 0.791. The second kappa shape index (κ2) is 4.93. The van der Waals surface area contributed by atoms with Gasteiger partial charge < -0.3 is 10.8 Å². The van der Waals surface area contributed by atoms with Crippen LogP contribution in [0.1, 0.15) is 31.2 Å². The molecule has 1 heterocycles. The van der Waals surface area contributed by atoms with Crippen molar-refractivity contribution in [2.24, 2.45) is 17.6 Å². The number of rotatable bonds is 5. The smallest absolute Gasteiger partial charge is 0.0649 e. The van der Waals surface area contributed by atoms with E-state index in [0.717, 1.165) is 5.56 Å². The van der Waals surface area contributed by atoms with Gasteiger partial charge in [-0.25, -0.2) is 0 Å². The molecule has 3 heteroatoms. The Morgan fingerprint density at radius 2 is 2.31 bits per heavy atom. The lowest BCUT2D eigenvalue weighted by Crippen LogP contribution is -2.32. The van der Waals surface area contributed by atoms with E-state index in [1.807, 2.05) is 12.1 Å². The zero-order chi connectivity index (χ0) is 11.5. The van der Waals surface area contributed by atoms with Crippen LogP contribution in [-0.4, -0.2) is 22.7 Å². The Labute approximate surface area is 96.7 Å². The minimum Gasteiger partial charge on any atom is -0.392 e. The fraction of sp³-hybridized carbons (Fsp3) is 0.615. The van der Waals surface area contributed by atoms with Gasteiger partial charge in [0.1, 0.15) is 0 Å². The summed E-state index contributed by atoms with van der Waals surface area (Å²) in [5.74, 6) is 1.05. The molecule has 1 aliphatic rings. The monoisotopic (exact) mass is 220 g/mol. The molecule has 3 unspecified atom stereocenters. The molecule has 1 fully saturated rings. The van der Waals surface area contributed by atoms with Crippen molar-refractivity contribution in [2.75, 3.05) is 6.54 Å². The van der Waals surface area contributed by atoms with E-state index in [0.29, 0.717) is 18.4 Å². The second-order valence-electron chi connectivity index (χ2n) is 4.82. The van der Waals surface area contributed by atoms with Crippen molar-refractivity contribution in [3.8, 4) is 0 Å². The molecule has 3 nitrogen and oxygen atoms in total. The summed E-state index contributed by atoms with van der Waals surface area (Å²) in [4.78, 5) is 4.09. The minimum atomic E-state index is -0.346. The molecule has 3 atom stereocenters. The van der Waals surface area contributed by atoms with Gasteiger partial charge in [0, 0.05) is 24.9 Å². The molecular weight excluding hydrogens is 200 g/mol. The van der Waals surface area contributed by atoms with Gasteiger partial charge in [-0.3, -0.25) is 4.98 Å². The highest BCUT2D eigenvalue weighted by Crippen LogP contribution is 2.41. The van der Waals surface area contributed by atoms with Crippen LogP contribution in [0.25, 0.3) is 0 Å². The van der Waals surface area contributed by atoms with Crippen molar-refractivity contribution in [3.05, 3.63) is 30.1 Å². The molecule has 0 radical (unpaired) electrons. The van der Waals surface area contributed by atoms with Crippen LogP contribution in [0.3, 0.4) is 0 Å². The first-order valence-corrected chi connectivity index (χ1v) is 6.02. The van der Waals surface area contributed by atoms with E-state index in [-0.39, 0.29) is 12.0 Å². The number of nitrogens with two attached hydrogens (primary N) is 1. The van der Waals surface area contributed by atoms with Crippen molar-refractivity contribution in [1.82, 2.24) is 4.98 Å². The lowest BCUT2D eigenvalue weighted by atomic mass is 9.85. The van der Waals surface area contributed by atoms with Gasteiger partial charge in [0.05, 0.1) is 6.10 Å². The van der Waals surface area contributed by atoms with Crippen molar-refractivity contribution >= 4 is 0 Å². The fourth-order valence-corrected chi connectivity index (χ4v) is 2.34. The molecule has 1 saturated carbocycles. The first kappa shape index (κ1) is 11.6. The average molecular weight is 220 g/mol. The SMILES string of the molecule is CC(C1CC1)C(O)C(CN)c1cccnc1. The van der Waals surface area contributed by atoms with Gasteiger partial charge in [-0.1, -0.05) is 13.0 Å². The maximum absolute atomic E-state index is 10.3. The zero-order valence-electron chi connectivity index (χ0n) is 9.71. The first-order chi connectivity index (χ1) is 7.74. The number of hydrogen-bond acceptors (Lipinski definition) is 3. The van der Waals surface area contributed by atoms with Crippen LogP contribution >= 0.6 is 0 Å². The first-order valence-electron chi connectivity index (χ1n) is 6.02. The molecule has 0 saturated heterocycles. The molecule has 0 aliphatic heterocycles. The van der Waals surface area contributed by atoms with Gasteiger partial charge in [-0.15, -0.1) is 0 Å². The summed E-state index contributed by atoms with van der Waals surface area (Å²) in [6.45, 7) is 2.60. The van der Waals surface area contributed by atoms with E-state index in [2.05, 4.69) is 11.9 Å². The number of hydrogen-bond donors (Lipinski definition) is 2. The Balaban J connectivity index is 2.09. The van der Waals surface area contributed by atoms with E-state index in [1.165, 1.54) is 12.8 Å². The maximum atomic E-state index is 10.3. The normalized spacial score (nSPS) is 21.4. The largest absolute Gasteiger partial charge is 0.392 e. The molecule has 1 aliphatic carbocycles. The van der Waals surface area contributed by atoms with E-state index in [9.17, 15) is 5.11 Å². The van der Waals surface area contributed by atoms with Gasteiger partial charge in [0.15, 0.2) is 0 Å². The van der Waals surface area contributed by atoms with Crippen molar-refractivity contribution < 1.29 is 5.11 Å². The third-order valence-electron chi connectivity index (χ3n) is 3.68. The highest BCUT2D eigenvalue weighted by Gasteiger charge is 2.36. The Morgan fingerprint density at radius 1 is 1.56 bits per heavy atom. The summed E-state index contributed by atoms with van der Waals surface area (Å²) in [5, 5.41) is 10.3. The van der Waals surface area contributed by atoms with Gasteiger partial charge in [0.2, 0.25) is 0 Å². The maximum Gasteiger partial charge on any atom is 0.0649 e. The Bertz CT molecular complexity index is 324. The van der Waals surface area contributed by atoms with Gasteiger partial charge in [-0.2, -0.15) is 0 Å². The summed E-state index contributed by atoms with van der Waals surface area (Å²) in [5.41, 5.74) is 6.82. The Morgan fingerprint density at radius 3 is 2.81 bits per heavy atom. The molecule has 1 aromatic heterocycles. The molecule has 3 N–H and O–H groups in total. The molecule has 88 valence electrons. The van der Waals surface area contributed by atoms with E-state index < -0.39 is 0 Å². The standard InChI is InChI=1S/C13H20N2O/c1-9(10-4-5-10)13(16)12(7-14)11-3-2-6-15-8-11/h2-3,6,8-10,12-13,16H,4-5,7,14H2,1H3. The van der Waals surface area contributed by atoms with E-state index in [1.54, 1.807) is 12.4 Å². The van der Waals surface area contributed by atoms with Crippen LogP contribution in [0, 0.1) is 11.8 Å². The lowest BCUT2D eigenvalue weighted by Gasteiger charge is -2.26. The summed E-state index contributed by atoms with van der Waals surface area (Å²) in [6, 6.07) is 3.89. The molecule has 0 aromatic carbocycles. The van der Waals surface area contributed by atoms with Crippen LogP contribution in [0.2, 0.25) is 0 Å². The Hall–Kier alpha value is -0.930. The van der Waals surface area contributed by atoms with Crippen molar-refractivity contribution in [1.29, 1.82) is 0 Å². The van der Waals surface area contributed by atoms with Crippen molar-refractivity contribution in [3.63, 3.8) is 0 Å². The topological polar surface area (TPSA) is 59.1 Å². The fourth-order valence-electron chi connectivity index (χ4n) is 2.34. The lowest BCUT2D eigenvalue weighted by molar-refractivity contribution is 0.0800. The molecule has 0 bridgehead atoms. The number of nitrogens with zero attached hydrogens (tertiary/aromatic N) is 1. The van der Waals surface area contributed by atoms with Crippen LogP contribution in [0.5, 0.6) is 0 Å². The average Bonchev–Trinajstić information content (AvgIpc) is 3.14.